The van der Waals surface area contributed by atoms with E-state index in [-0.39, 0.29) is 42.5 Å². The number of anilines is 1. The Kier molecular flexibility index (Phi) is 3.99. The lowest BCUT2D eigenvalue weighted by Gasteiger charge is -2.32. The van der Waals surface area contributed by atoms with Crippen LogP contribution < -0.4 is 10.2 Å². The second-order valence-electron chi connectivity index (χ2n) is 6.40. The molecule has 130 valence electrons. The molecule has 1 aliphatic carbocycles. The number of hydrogen-bond acceptors (Lipinski definition) is 5. The molecule has 7 nitrogen and oxygen atoms in total. The molecule has 3 aliphatic rings. The summed E-state index contributed by atoms with van der Waals surface area (Å²) in [5, 5.41) is 2.26. The fraction of sp³-hybridized carbons (Fsp3) is 0.412. The molecular weight excluding hydrogens is 342 g/mol. The van der Waals surface area contributed by atoms with Gasteiger partial charge in [0, 0.05) is 10.9 Å². The zero-order chi connectivity index (χ0) is 17.6. The minimum Gasteiger partial charge on any atom is -0.326 e. The molecule has 1 saturated carbocycles. The van der Waals surface area contributed by atoms with Crippen LogP contribution in [0.15, 0.2) is 29.2 Å². The minimum absolute atomic E-state index is 0.00145. The van der Waals surface area contributed by atoms with Crippen molar-refractivity contribution in [1.82, 2.24) is 10.2 Å². The highest BCUT2D eigenvalue weighted by molar-refractivity contribution is 8.00. The molecule has 1 saturated heterocycles. The Morgan fingerprint density at radius 1 is 1.24 bits per heavy atom. The van der Waals surface area contributed by atoms with Gasteiger partial charge in [0.25, 0.3) is 0 Å². The van der Waals surface area contributed by atoms with Crippen LogP contribution in [0.2, 0.25) is 0 Å². The van der Waals surface area contributed by atoms with E-state index in [1.54, 1.807) is 0 Å². The Balaban J connectivity index is 1.57. The Hall–Kier alpha value is -2.35. The molecule has 1 N–H and O–H groups in total. The Morgan fingerprint density at radius 3 is 2.68 bits per heavy atom. The predicted molar refractivity (Wildman–Crippen MR) is 90.9 cm³/mol. The van der Waals surface area contributed by atoms with Crippen LogP contribution in [0.1, 0.15) is 19.3 Å². The number of nitrogens with one attached hydrogen (secondary N) is 1. The smallest absolute Gasteiger partial charge is 0.249 e. The molecule has 25 heavy (non-hydrogen) atoms. The fourth-order valence-electron chi connectivity index (χ4n) is 3.29. The highest BCUT2D eigenvalue weighted by atomic mass is 32.2. The standard InChI is InChI=1S/C17H17N3O4S/c21-14-7-12(17(24)18-14)20(10-5-6-10)15(22)8-19-11-3-1-2-4-13(11)25-9-16(19)23/h1-4,10,12H,5-9H2,(H,18,21,24)/t12-/m1/s1. The summed E-state index contributed by atoms with van der Waals surface area (Å²) in [5.41, 5.74) is 0.722. The average Bonchev–Trinajstić information content (AvgIpc) is 3.36. The number of fused-ring (bicyclic) bond motifs is 1. The zero-order valence-corrected chi connectivity index (χ0v) is 14.3. The van der Waals surface area contributed by atoms with Crippen molar-refractivity contribution in [1.29, 1.82) is 0 Å². The van der Waals surface area contributed by atoms with Crippen LogP contribution in [0.3, 0.4) is 0 Å². The van der Waals surface area contributed by atoms with Gasteiger partial charge in [0.05, 0.1) is 17.9 Å². The first-order valence-electron chi connectivity index (χ1n) is 8.21. The summed E-state index contributed by atoms with van der Waals surface area (Å²) in [5.74, 6) is -0.904. The maximum absolute atomic E-state index is 12.9. The normalized spacial score (nSPS) is 22.6. The van der Waals surface area contributed by atoms with Crippen LogP contribution in [0.4, 0.5) is 5.69 Å². The average molecular weight is 359 g/mol. The number of carbonyl (C=O) groups is 4. The molecule has 2 fully saturated rings. The Morgan fingerprint density at radius 2 is 2.00 bits per heavy atom. The molecular formula is C17H17N3O4S. The topological polar surface area (TPSA) is 86.8 Å². The van der Waals surface area contributed by atoms with Crippen LogP contribution in [-0.4, -0.2) is 52.9 Å². The second kappa shape index (κ2) is 6.18. The van der Waals surface area contributed by atoms with Crippen molar-refractivity contribution in [3.8, 4) is 0 Å². The summed E-state index contributed by atoms with van der Waals surface area (Å²) in [6.07, 6.45) is 1.65. The molecule has 0 spiro atoms. The van der Waals surface area contributed by atoms with E-state index in [1.807, 2.05) is 24.3 Å². The number of rotatable bonds is 4. The van der Waals surface area contributed by atoms with E-state index < -0.39 is 11.9 Å². The third-order valence-corrected chi connectivity index (χ3v) is 5.66. The molecule has 0 aromatic heterocycles. The molecule has 1 aromatic rings. The quantitative estimate of drug-likeness (QED) is 0.793. The van der Waals surface area contributed by atoms with Gasteiger partial charge in [-0.25, -0.2) is 0 Å². The number of hydrogen-bond donors (Lipinski definition) is 1. The van der Waals surface area contributed by atoms with E-state index in [4.69, 9.17) is 0 Å². The van der Waals surface area contributed by atoms with Crippen molar-refractivity contribution in [3.05, 3.63) is 24.3 Å². The molecule has 0 bridgehead atoms. The van der Waals surface area contributed by atoms with Crippen LogP contribution in [0.25, 0.3) is 0 Å². The lowest BCUT2D eigenvalue weighted by atomic mass is 10.2. The third-order valence-electron chi connectivity index (χ3n) is 4.61. The SMILES string of the molecule is O=C1C[C@@H](N(C(=O)CN2C(=O)CSc3ccccc32)C2CC2)C(=O)N1. The molecule has 1 atom stereocenters. The number of imide groups is 1. The van der Waals surface area contributed by atoms with Crippen LogP contribution in [-0.2, 0) is 19.2 Å². The molecule has 2 heterocycles. The lowest BCUT2D eigenvalue weighted by Crippen LogP contribution is -2.51. The van der Waals surface area contributed by atoms with Gasteiger partial charge in [-0.1, -0.05) is 12.1 Å². The maximum Gasteiger partial charge on any atom is 0.249 e. The Labute approximate surface area is 148 Å². The van der Waals surface area contributed by atoms with Crippen molar-refractivity contribution in [2.24, 2.45) is 0 Å². The maximum atomic E-state index is 12.9. The van der Waals surface area contributed by atoms with Gasteiger partial charge in [-0.15, -0.1) is 11.8 Å². The number of thioether (sulfide) groups is 1. The number of para-hydroxylation sites is 1. The van der Waals surface area contributed by atoms with E-state index in [2.05, 4.69) is 5.32 Å². The summed E-state index contributed by atoms with van der Waals surface area (Å²) >= 11 is 1.46. The Bertz CT molecular complexity index is 777. The first-order chi connectivity index (χ1) is 12.0. The van der Waals surface area contributed by atoms with Crippen LogP contribution in [0.5, 0.6) is 0 Å². The molecule has 4 rings (SSSR count). The third kappa shape index (κ3) is 3.02. The molecule has 0 radical (unpaired) electrons. The number of carbonyl (C=O) groups excluding carboxylic acids is 4. The van der Waals surface area contributed by atoms with Gasteiger partial charge >= 0.3 is 0 Å². The predicted octanol–water partition coefficient (Wildman–Crippen LogP) is 0.531. The summed E-state index contributed by atoms with van der Waals surface area (Å²) in [6.45, 7) is -0.106. The van der Waals surface area contributed by atoms with Gasteiger partial charge < -0.3 is 9.80 Å². The lowest BCUT2D eigenvalue weighted by molar-refractivity contribution is -0.139. The van der Waals surface area contributed by atoms with E-state index in [1.165, 1.54) is 21.6 Å². The van der Waals surface area contributed by atoms with Crippen molar-refractivity contribution >= 4 is 41.1 Å². The molecule has 4 amide bonds. The largest absolute Gasteiger partial charge is 0.326 e. The van der Waals surface area contributed by atoms with Crippen molar-refractivity contribution in [2.45, 2.75) is 36.2 Å². The summed E-state index contributed by atoms with van der Waals surface area (Å²) in [4.78, 5) is 52.7. The zero-order valence-electron chi connectivity index (χ0n) is 13.4. The van der Waals surface area contributed by atoms with E-state index in [0.29, 0.717) is 0 Å². The highest BCUT2D eigenvalue weighted by Crippen LogP contribution is 2.36. The first kappa shape index (κ1) is 16.1. The number of benzene rings is 1. The highest BCUT2D eigenvalue weighted by Gasteiger charge is 2.45. The van der Waals surface area contributed by atoms with E-state index in [0.717, 1.165) is 23.4 Å². The van der Waals surface area contributed by atoms with Gasteiger partial charge in [0.2, 0.25) is 23.6 Å². The minimum atomic E-state index is -0.753. The molecule has 1 aromatic carbocycles. The van der Waals surface area contributed by atoms with Gasteiger partial charge in [-0.05, 0) is 25.0 Å². The molecule has 2 aliphatic heterocycles. The summed E-state index contributed by atoms with van der Waals surface area (Å²) < 4.78 is 0. The van der Waals surface area contributed by atoms with Crippen molar-refractivity contribution in [2.75, 3.05) is 17.2 Å². The van der Waals surface area contributed by atoms with Crippen LogP contribution in [0, 0.1) is 0 Å². The molecule has 8 heteroatoms. The van der Waals surface area contributed by atoms with Gasteiger partial charge in [0.1, 0.15) is 12.6 Å². The number of amides is 4. The van der Waals surface area contributed by atoms with Gasteiger partial charge in [-0.3, -0.25) is 24.5 Å². The van der Waals surface area contributed by atoms with Crippen molar-refractivity contribution < 1.29 is 19.2 Å². The summed E-state index contributed by atoms with van der Waals surface area (Å²) in [6, 6.07) is 6.70. The first-order valence-corrected chi connectivity index (χ1v) is 9.20. The monoisotopic (exact) mass is 359 g/mol. The summed E-state index contributed by atoms with van der Waals surface area (Å²) in [7, 11) is 0. The van der Waals surface area contributed by atoms with Crippen molar-refractivity contribution in [3.63, 3.8) is 0 Å². The molecule has 0 unspecified atom stereocenters. The second-order valence-corrected chi connectivity index (χ2v) is 7.42. The van der Waals surface area contributed by atoms with E-state index >= 15 is 0 Å². The van der Waals surface area contributed by atoms with Gasteiger partial charge in [-0.2, -0.15) is 0 Å². The number of nitrogens with zero attached hydrogens (tertiary/aromatic N) is 2. The van der Waals surface area contributed by atoms with E-state index in [9.17, 15) is 19.2 Å². The fourth-order valence-corrected chi connectivity index (χ4v) is 4.23. The van der Waals surface area contributed by atoms with Crippen LogP contribution >= 0.6 is 11.8 Å². The van der Waals surface area contributed by atoms with Gasteiger partial charge in [0.15, 0.2) is 0 Å².